The van der Waals surface area contributed by atoms with Gasteiger partial charge in [0.15, 0.2) is 0 Å². The second-order valence-electron chi connectivity index (χ2n) is 10.3. The quantitative estimate of drug-likeness (QED) is 0.164. The molecule has 2 fully saturated rings. The Morgan fingerprint density at radius 2 is 1.84 bits per heavy atom. The molecule has 0 unspecified atom stereocenters. The first kappa shape index (κ1) is 33.7. The lowest BCUT2D eigenvalue weighted by Gasteiger charge is -2.37. The van der Waals surface area contributed by atoms with E-state index in [2.05, 4.69) is 22.0 Å². The summed E-state index contributed by atoms with van der Waals surface area (Å²) in [4.78, 5) is 31.9. The molecule has 2 aliphatic rings. The van der Waals surface area contributed by atoms with Crippen LogP contribution in [0.5, 0.6) is 0 Å². The fourth-order valence-electron chi connectivity index (χ4n) is 5.10. The number of carbonyl (C=O) groups is 2. The molecule has 10 heteroatoms. The van der Waals surface area contributed by atoms with E-state index in [9.17, 15) is 19.1 Å². The topological polar surface area (TPSA) is 101 Å². The second kappa shape index (κ2) is 16.8. The summed E-state index contributed by atoms with van der Waals surface area (Å²) in [5.41, 5.74) is 2.02. The number of allylic oxidation sites excluding steroid dienone is 2. The highest BCUT2D eigenvalue weighted by Gasteiger charge is 2.47. The maximum atomic E-state index is 13.3. The van der Waals surface area contributed by atoms with E-state index in [1.807, 2.05) is 27.7 Å². The minimum absolute atomic E-state index is 0.0247. The lowest BCUT2D eigenvalue weighted by atomic mass is 9.91. The van der Waals surface area contributed by atoms with Gasteiger partial charge < -0.3 is 19.3 Å². The molecular weight excluding hydrogens is 553 g/mol. The SMILES string of the molecule is CC.CCOC/C=C(\C/C=C(\Cc1ccc(F)cc1)OCC)CN1CCC2(CC1)CN(c1cncc(C(=O)O)c1)C(=O)O2. The molecule has 1 aromatic heterocycles. The lowest BCUT2D eigenvalue weighted by molar-refractivity contribution is 0.00289. The molecule has 1 spiro atoms. The van der Waals surface area contributed by atoms with Crippen LogP contribution in [-0.4, -0.2) is 78.7 Å². The molecule has 0 bridgehead atoms. The van der Waals surface area contributed by atoms with Crippen LogP contribution in [0.1, 0.15) is 62.9 Å². The lowest BCUT2D eigenvalue weighted by Crippen LogP contribution is -2.47. The van der Waals surface area contributed by atoms with Crippen LogP contribution >= 0.6 is 0 Å². The van der Waals surface area contributed by atoms with Gasteiger partial charge in [-0.2, -0.15) is 0 Å². The van der Waals surface area contributed by atoms with Crippen LogP contribution in [0, 0.1) is 5.82 Å². The number of carboxylic acids is 1. The zero-order valence-electron chi connectivity index (χ0n) is 25.7. The van der Waals surface area contributed by atoms with Gasteiger partial charge in [-0.1, -0.05) is 37.6 Å². The van der Waals surface area contributed by atoms with E-state index in [-0.39, 0.29) is 11.4 Å². The fourth-order valence-corrected chi connectivity index (χ4v) is 5.10. The molecule has 0 atom stereocenters. The second-order valence-corrected chi connectivity index (χ2v) is 10.3. The van der Waals surface area contributed by atoms with Gasteiger partial charge in [-0.15, -0.1) is 0 Å². The van der Waals surface area contributed by atoms with E-state index in [4.69, 9.17) is 14.2 Å². The summed E-state index contributed by atoms with van der Waals surface area (Å²) in [6.07, 6.45) is 9.10. The summed E-state index contributed by atoms with van der Waals surface area (Å²) in [5.74, 6) is -0.509. The number of amides is 1. The first-order valence-corrected chi connectivity index (χ1v) is 15.0. The smallest absolute Gasteiger partial charge is 0.415 e. The van der Waals surface area contributed by atoms with Crippen molar-refractivity contribution < 1.29 is 33.3 Å². The summed E-state index contributed by atoms with van der Waals surface area (Å²) in [5, 5.41) is 9.28. The monoisotopic (exact) mass is 597 g/mol. The van der Waals surface area contributed by atoms with Crippen molar-refractivity contribution in [3.05, 3.63) is 83.2 Å². The number of hydrogen-bond acceptors (Lipinski definition) is 7. The Balaban J connectivity index is 0.00000248. The average molecular weight is 598 g/mol. The van der Waals surface area contributed by atoms with Crippen molar-refractivity contribution in [1.29, 1.82) is 0 Å². The Bertz CT molecular complexity index is 1260. The normalized spacial score (nSPS) is 17.0. The summed E-state index contributed by atoms with van der Waals surface area (Å²) in [7, 11) is 0. The molecule has 2 saturated heterocycles. The molecule has 234 valence electrons. The number of carbonyl (C=O) groups excluding carboxylic acids is 1. The number of likely N-dealkylation sites (tertiary alicyclic amines) is 1. The molecule has 9 nitrogen and oxygen atoms in total. The molecule has 0 aliphatic carbocycles. The Morgan fingerprint density at radius 3 is 2.49 bits per heavy atom. The van der Waals surface area contributed by atoms with Crippen molar-refractivity contribution in [2.75, 3.05) is 50.9 Å². The highest BCUT2D eigenvalue weighted by molar-refractivity contribution is 5.93. The zero-order chi connectivity index (χ0) is 31.2. The number of piperidine rings is 1. The number of benzene rings is 1. The van der Waals surface area contributed by atoms with E-state index in [0.29, 0.717) is 57.7 Å². The summed E-state index contributed by atoms with van der Waals surface area (Å²) < 4.78 is 30.7. The number of halogens is 1. The number of aromatic carboxylic acids is 1. The van der Waals surface area contributed by atoms with E-state index in [1.165, 1.54) is 41.1 Å². The standard InChI is InChI=1S/C31H38FN3O6.C2H6/c1-3-39-16-11-24(7-10-28(40-4-2)17-23-5-8-26(32)9-6-23)21-34-14-12-31(13-15-34)22-35(30(38)41-31)27-18-25(29(36)37)19-33-20-27;1-2/h5-6,8-11,18-20H,3-4,7,12-17,21-22H2,1-2H3,(H,36,37);1-2H3/b24-11+,28-10+;. The minimum atomic E-state index is -1.10. The predicted molar refractivity (Wildman–Crippen MR) is 164 cm³/mol. The Labute approximate surface area is 253 Å². The van der Waals surface area contributed by atoms with E-state index < -0.39 is 17.7 Å². The van der Waals surface area contributed by atoms with Crippen molar-refractivity contribution in [1.82, 2.24) is 9.88 Å². The van der Waals surface area contributed by atoms with Gasteiger partial charge in [-0.3, -0.25) is 14.8 Å². The van der Waals surface area contributed by atoms with Gasteiger partial charge >= 0.3 is 12.1 Å². The van der Waals surface area contributed by atoms with Crippen LogP contribution in [-0.2, 0) is 20.6 Å². The number of hydrogen-bond donors (Lipinski definition) is 1. The number of aromatic nitrogens is 1. The van der Waals surface area contributed by atoms with Crippen molar-refractivity contribution in [3.8, 4) is 0 Å². The number of nitrogens with zero attached hydrogens (tertiary/aromatic N) is 3. The van der Waals surface area contributed by atoms with Crippen LogP contribution in [0.3, 0.4) is 0 Å². The van der Waals surface area contributed by atoms with Gasteiger partial charge in [0.05, 0.1) is 43.0 Å². The van der Waals surface area contributed by atoms with Crippen molar-refractivity contribution >= 4 is 17.7 Å². The highest BCUT2D eigenvalue weighted by atomic mass is 19.1. The molecule has 0 saturated carbocycles. The van der Waals surface area contributed by atoms with Gasteiger partial charge in [0.1, 0.15) is 11.4 Å². The molecule has 4 rings (SSSR count). The first-order chi connectivity index (χ1) is 20.8. The third-order valence-electron chi connectivity index (χ3n) is 7.35. The average Bonchev–Trinajstić information content (AvgIpc) is 3.34. The Kier molecular flexibility index (Phi) is 13.2. The number of ether oxygens (including phenoxy) is 3. The van der Waals surface area contributed by atoms with Crippen LogP contribution in [0.25, 0.3) is 0 Å². The van der Waals surface area contributed by atoms with E-state index in [1.54, 1.807) is 12.1 Å². The maximum Gasteiger partial charge on any atom is 0.415 e. The third kappa shape index (κ3) is 9.90. The number of pyridine rings is 1. The maximum absolute atomic E-state index is 13.3. The molecule has 2 aliphatic heterocycles. The van der Waals surface area contributed by atoms with Crippen molar-refractivity contribution in [2.24, 2.45) is 0 Å². The van der Waals surface area contributed by atoms with Crippen LogP contribution < -0.4 is 4.90 Å². The summed E-state index contributed by atoms with van der Waals surface area (Å²) in [6.45, 7) is 12.2. The van der Waals surface area contributed by atoms with Crippen LogP contribution in [0.2, 0.25) is 0 Å². The van der Waals surface area contributed by atoms with E-state index >= 15 is 0 Å². The van der Waals surface area contributed by atoms with Crippen molar-refractivity contribution in [3.63, 3.8) is 0 Å². The van der Waals surface area contributed by atoms with Gasteiger partial charge in [-0.25, -0.2) is 14.0 Å². The molecular formula is C33H44FN3O6. The van der Waals surface area contributed by atoms with Crippen LogP contribution in [0.15, 0.2) is 66.2 Å². The number of rotatable bonds is 13. The molecule has 1 amide bonds. The van der Waals surface area contributed by atoms with Gasteiger partial charge in [0.25, 0.3) is 0 Å². The molecule has 3 heterocycles. The summed E-state index contributed by atoms with van der Waals surface area (Å²) >= 11 is 0. The van der Waals surface area contributed by atoms with Gasteiger partial charge in [-0.05, 0) is 50.1 Å². The molecule has 1 aromatic carbocycles. The Hall–Kier alpha value is -3.76. The first-order valence-electron chi connectivity index (χ1n) is 15.0. The van der Waals surface area contributed by atoms with Gasteiger partial charge in [0.2, 0.25) is 0 Å². The molecule has 2 aromatic rings. The number of carboxylic acid groups (broad SMARTS) is 1. The molecule has 43 heavy (non-hydrogen) atoms. The molecule has 1 N–H and O–H groups in total. The fraction of sp³-hybridized carbons (Fsp3) is 0.485. The zero-order valence-corrected chi connectivity index (χ0v) is 25.7. The highest BCUT2D eigenvalue weighted by Crippen LogP contribution is 2.36. The van der Waals surface area contributed by atoms with Crippen molar-refractivity contribution in [2.45, 2.75) is 59.0 Å². The van der Waals surface area contributed by atoms with E-state index in [0.717, 1.165) is 31.0 Å². The Morgan fingerprint density at radius 1 is 1.12 bits per heavy atom. The third-order valence-corrected chi connectivity index (χ3v) is 7.35. The number of anilines is 1. The largest absolute Gasteiger partial charge is 0.498 e. The van der Waals surface area contributed by atoms with Gasteiger partial charge in [0, 0.05) is 51.7 Å². The van der Waals surface area contributed by atoms with Crippen LogP contribution in [0.4, 0.5) is 14.9 Å². The minimum Gasteiger partial charge on any atom is -0.498 e. The summed E-state index contributed by atoms with van der Waals surface area (Å²) in [6, 6.07) is 7.91. The predicted octanol–water partition coefficient (Wildman–Crippen LogP) is 6.25. The molecule has 0 radical (unpaired) electrons.